The molecule has 34 heavy (non-hydrogen) atoms. The first-order valence-electron chi connectivity index (χ1n) is 11.7. The van der Waals surface area contributed by atoms with Crippen molar-refractivity contribution in [3.63, 3.8) is 0 Å². The summed E-state index contributed by atoms with van der Waals surface area (Å²) in [7, 11) is 0. The molecule has 2 aliphatic heterocycles. The van der Waals surface area contributed by atoms with Gasteiger partial charge in [0, 0.05) is 49.9 Å². The summed E-state index contributed by atoms with van der Waals surface area (Å²) < 4.78 is 5.70. The van der Waals surface area contributed by atoms with E-state index >= 15 is 0 Å². The Morgan fingerprint density at radius 3 is 2.62 bits per heavy atom. The highest BCUT2D eigenvalue weighted by Crippen LogP contribution is 2.40. The molecule has 1 unspecified atom stereocenters. The van der Waals surface area contributed by atoms with Crippen LogP contribution < -0.4 is 10.1 Å². The Morgan fingerprint density at radius 2 is 1.94 bits per heavy atom. The highest BCUT2D eigenvalue weighted by Gasteiger charge is 2.52. The molecule has 0 saturated carbocycles. The van der Waals surface area contributed by atoms with Crippen LogP contribution in [0.25, 0.3) is 0 Å². The molecular formula is C25H30Cl2N4O3. The van der Waals surface area contributed by atoms with Crippen molar-refractivity contribution >= 4 is 35.0 Å². The molecule has 2 saturated heterocycles. The van der Waals surface area contributed by atoms with Crippen molar-refractivity contribution in [2.75, 3.05) is 32.7 Å². The quantitative estimate of drug-likeness (QED) is 0.557. The molecule has 2 aromatic rings. The third kappa shape index (κ3) is 5.48. The predicted molar refractivity (Wildman–Crippen MR) is 132 cm³/mol. The molecule has 4 rings (SSSR count). The van der Waals surface area contributed by atoms with E-state index in [2.05, 4.69) is 22.1 Å². The molecule has 2 fully saturated rings. The Balaban J connectivity index is 1.29. The summed E-state index contributed by atoms with van der Waals surface area (Å²) in [5.41, 5.74) is 1.80. The zero-order valence-electron chi connectivity index (χ0n) is 19.5. The molecule has 3 heterocycles. The zero-order chi connectivity index (χ0) is 24.3. The lowest BCUT2D eigenvalue weighted by atomic mass is 9.72. The first kappa shape index (κ1) is 24.8. The van der Waals surface area contributed by atoms with E-state index in [9.17, 15) is 9.59 Å². The number of amides is 2. The van der Waals surface area contributed by atoms with E-state index < -0.39 is 6.10 Å². The van der Waals surface area contributed by atoms with Gasteiger partial charge < -0.3 is 19.9 Å². The standard InChI is InChI=1S/C25H30Cl2N4O3/c1-3-8-30-13-25(14-30)15-31(16-25)24(33)18-7-5-6-17(9-18)11-28-22(32)21(4-2)34-23-20(27)10-19(26)12-29-23/h5-7,9-10,12,21H,3-4,8,11,13-16H2,1-2H3,(H,28,32). The molecule has 182 valence electrons. The molecular weight excluding hydrogens is 475 g/mol. The fourth-order valence-electron chi connectivity index (χ4n) is 4.73. The van der Waals surface area contributed by atoms with Gasteiger partial charge >= 0.3 is 0 Å². The topological polar surface area (TPSA) is 74.8 Å². The average molecular weight is 505 g/mol. The highest BCUT2D eigenvalue weighted by molar-refractivity contribution is 6.35. The minimum Gasteiger partial charge on any atom is -0.463 e. The fraction of sp³-hybridized carbons (Fsp3) is 0.480. The van der Waals surface area contributed by atoms with E-state index in [4.69, 9.17) is 27.9 Å². The molecule has 9 heteroatoms. The van der Waals surface area contributed by atoms with Gasteiger partial charge in [0.2, 0.25) is 5.88 Å². The van der Waals surface area contributed by atoms with Gasteiger partial charge in [-0.15, -0.1) is 0 Å². The fourth-order valence-corrected chi connectivity index (χ4v) is 5.15. The van der Waals surface area contributed by atoms with E-state index in [0.29, 0.717) is 22.4 Å². The van der Waals surface area contributed by atoms with Crippen LogP contribution in [0.1, 0.15) is 42.6 Å². The van der Waals surface area contributed by atoms with Crippen molar-refractivity contribution in [1.82, 2.24) is 20.1 Å². The van der Waals surface area contributed by atoms with E-state index in [-0.39, 0.29) is 29.3 Å². The SMILES string of the molecule is CCCN1CC2(C1)CN(C(=O)c1cccc(CNC(=O)C(CC)Oc3ncc(Cl)cc3Cl)c1)C2. The van der Waals surface area contributed by atoms with Gasteiger partial charge in [-0.05, 0) is 43.1 Å². The summed E-state index contributed by atoms with van der Waals surface area (Å²) in [6.07, 6.45) is 2.28. The van der Waals surface area contributed by atoms with Gasteiger partial charge in [-0.3, -0.25) is 9.59 Å². The molecule has 0 radical (unpaired) electrons. The van der Waals surface area contributed by atoms with Gasteiger partial charge in [0.25, 0.3) is 11.8 Å². The van der Waals surface area contributed by atoms with E-state index in [1.807, 2.05) is 36.1 Å². The number of carbonyl (C=O) groups is 2. The number of hydrogen-bond acceptors (Lipinski definition) is 5. The summed E-state index contributed by atoms with van der Waals surface area (Å²) in [5, 5.41) is 3.52. The summed E-state index contributed by atoms with van der Waals surface area (Å²) in [6.45, 7) is 9.29. The lowest BCUT2D eigenvalue weighted by Gasteiger charge is -2.60. The van der Waals surface area contributed by atoms with Crippen LogP contribution in [0.4, 0.5) is 0 Å². The maximum absolute atomic E-state index is 12.9. The molecule has 1 spiro atoms. The van der Waals surface area contributed by atoms with Gasteiger partial charge in [-0.1, -0.05) is 49.2 Å². The van der Waals surface area contributed by atoms with Gasteiger partial charge in [0.15, 0.2) is 6.10 Å². The maximum Gasteiger partial charge on any atom is 0.261 e. The molecule has 2 aliphatic rings. The van der Waals surface area contributed by atoms with Crippen LogP contribution in [-0.4, -0.2) is 65.4 Å². The van der Waals surface area contributed by atoms with E-state index in [1.54, 1.807) is 0 Å². The Morgan fingerprint density at radius 1 is 1.18 bits per heavy atom. The molecule has 0 aliphatic carbocycles. The van der Waals surface area contributed by atoms with Crippen LogP contribution in [0.3, 0.4) is 0 Å². The average Bonchev–Trinajstić information content (AvgIpc) is 2.77. The predicted octanol–water partition coefficient (Wildman–Crippen LogP) is 4.03. The number of ether oxygens (including phenoxy) is 1. The van der Waals surface area contributed by atoms with Crippen LogP contribution in [0, 0.1) is 5.41 Å². The second kappa shape index (κ2) is 10.5. The molecule has 1 aromatic carbocycles. The van der Waals surface area contributed by atoms with Crippen LogP contribution in [0.5, 0.6) is 5.88 Å². The van der Waals surface area contributed by atoms with Gasteiger partial charge in [-0.2, -0.15) is 0 Å². The Kier molecular flexibility index (Phi) is 7.65. The first-order valence-corrected chi connectivity index (χ1v) is 12.4. The normalized spacial score (nSPS) is 17.6. The Labute approximate surface area is 210 Å². The van der Waals surface area contributed by atoms with Crippen molar-refractivity contribution in [1.29, 1.82) is 0 Å². The van der Waals surface area contributed by atoms with Crippen molar-refractivity contribution in [2.45, 2.75) is 39.3 Å². The third-order valence-corrected chi connectivity index (χ3v) is 6.81. The molecule has 7 nitrogen and oxygen atoms in total. The summed E-state index contributed by atoms with van der Waals surface area (Å²) in [5.74, 6) is -0.0680. The van der Waals surface area contributed by atoms with Crippen LogP contribution >= 0.6 is 23.2 Å². The van der Waals surface area contributed by atoms with Crippen LogP contribution in [-0.2, 0) is 11.3 Å². The molecule has 1 aromatic heterocycles. The van der Waals surface area contributed by atoms with Gasteiger partial charge in [0.1, 0.15) is 5.02 Å². The number of rotatable bonds is 9. The Hall–Kier alpha value is -2.35. The molecule has 1 N–H and O–H groups in total. The van der Waals surface area contributed by atoms with Crippen molar-refractivity contribution in [3.8, 4) is 5.88 Å². The number of pyridine rings is 1. The second-order valence-electron chi connectivity index (χ2n) is 9.25. The lowest BCUT2D eigenvalue weighted by molar-refractivity contribution is -0.128. The number of halogens is 2. The summed E-state index contributed by atoms with van der Waals surface area (Å²) in [6, 6.07) is 8.93. The van der Waals surface area contributed by atoms with Gasteiger partial charge in [-0.25, -0.2) is 4.98 Å². The van der Waals surface area contributed by atoms with Crippen molar-refractivity contribution < 1.29 is 14.3 Å². The molecule has 1 atom stereocenters. The molecule has 0 bridgehead atoms. The largest absolute Gasteiger partial charge is 0.463 e. The zero-order valence-corrected chi connectivity index (χ0v) is 21.0. The highest BCUT2D eigenvalue weighted by atomic mass is 35.5. The third-order valence-electron chi connectivity index (χ3n) is 6.33. The molecule has 2 amide bonds. The van der Waals surface area contributed by atoms with Gasteiger partial charge in [0.05, 0.1) is 5.02 Å². The van der Waals surface area contributed by atoms with Crippen molar-refractivity contribution in [3.05, 3.63) is 57.7 Å². The lowest BCUT2D eigenvalue weighted by Crippen LogP contribution is -2.72. The second-order valence-corrected chi connectivity index (χ2v) is 10.1. The minimum atomic E-state index is -0.747. The Bertz CT molecular complexity index is 1050. The maximum atomic E-state index is 12.9. The number of nitrogens with one attached hydrogen (secondary N) is 1. The van der Waals surface area contributed by atoms with E-state index in [1.165, 1.54) is 18.7 Å². The summed E-state index contributed by atoms with van der Waals surface area (Å²) >= 11 is 12.0. The first-order chi connectivity index (χ1) is 16.3. The van der Waals surface area contributed by atoms with Crippen LogP contribution in [0.15, 0.2) is 36.5 Å². The number of hydrogen-bond donors (Lipinski definition) is 1. The van der Waals surface area contributed by atoms with E-state index in [0.717, 1.165) is 38.3 Å². The van der Waals surface area contributed by atoms with Crippen LogP contribution in [0.2, 0.25) is 10.0 Å². The number of benzene rings is 1. The summed E-state index contributed by atoms with van der Waals surface area (Å²) in [4.78, 5) is 34.1. The van der Waals surface area contributed by atoms with Crippen molar-refractivity contribution in [2.24, 2.45) is 5.41 Å². The number of likely N-dealkylation sites (tertiary alicyclic amines) is 2. The number of nitrogens with zero attached hydrogens (tertiary/aromatic N) is 3. The number of carbonyl (C=O) groups excluding carboxylic acids is 2. The monoisotopic (exact) mass is 504 g/mol. The minimum absolute atomic E-state index is 0.0472. The number of aromatic nitrogens is 1. The smallest absolute Gasteiger partial charge is 0.261 e.